The summed E-state index contributed by atoms with van der Waals surface area (Å²) >= 11 is 0. The minimum absolute atomic E-state index is 0.285. The van der Waals surface area contributed by atoms with Crippen molar-refractivity contribution in [3.05, 3.63) is 24.3 Å². The molecule has 2 rings (SSSR count). The molecule has 94 valence electrons. The summed E-state index contributed by atoms with van der Waals surface area (Å²) in [5, 5.41) is 9.27. The Labute approximate surface area is 103 Å². The second kappa shape index (κ2) is 5.92. The predicted octanol–water partition coefficient (Wildman–Crippen LogP) is 2.29. The maximum absolute atomic E-state index is 9.27. The molecular weight excluding hydrogens is 214 g/mol. The minimum Gasteiger partial charge on any atom is -0.492 e. The van der Waals surface area contributed by atoms with Gasteiger partial charge in [0.15, 0.2) is 0 Å². The van der Waals surface area contributed by atoms with E-state index in [2.05, 4.69) is 11.0 Å². The number of ether oxygens (including phenoxy) is 1. The smallest absolute Gasteiger partial charge is 0.142 e. The summed E-state index contributed by atoms with van der Waals surface area (Å²) in [6.07, 6.45) is 2.27. The summed E-state index contributed by atoms with van der Waals surface area (Å²) in [6, 6.07) is 8.16. The summed E-state index contributed by atoms with van der Waals surface area (Å²) in [4.78, 5) is 2.33. The largest absolute Gasteiger partial charge is 0.492 e. The lowest BCUT2D eigenvalue weighted by Gasteiger charge is -2.34. The second-order valence-electron chi connectivity index (χ2n) is 4.54. The molecule has 1 aliphatic rings. The lowest BCUT2D eigenvalue weighted by atomic mass is 9.98. The van der Waals surface area contributed by atoms with E-state index in [4.69, 9.17) is 4.74 Å². The fraction of sp³-hybridized carbons (Fsp3) is 0.571. The van der Waals surface area contributed by atoms with Gasteiger partial charge in [-0.15, -0.1) is 0 Å². The summed E-state index contributed by atoms with van der Waals surface area (Å²) in [7, 11) is 0. The quantitative estimate of drug-likeness (QED) is 0.869. The van der Waals surface area contributed by atoms with Gasteiger partial charge in [-0.05, 0) is 37.8 Å². The number of para-hydroxylation sites is 2. The zero-order valence-corrected chi connectivity index (χ0v) is 10.4. The minimum atomic E-state index is 0.285. The van der Waals surface area contributed by atoms with Crippen molar-refractivity contribution < 1.29 is 9.84 Å². The predicted molar refractivity (Wildman–Crippen MR) is 69.6 cm³/mol. The van der Waals surface area contributed by atoms with Gasteiger partial charge >= 0.3 is 0 Å². The number of hydrogen-bond donors (Lipinski definition) is 1. The molecule has 1 unspecified atom stereocenters. The molecule has 1 atom stereocenters. The van der Waals surface area contributed by atoms with Gasteiger partial charge in [0.25, 0.3) is 0 Å². The molecule has 0 saturated carbocycles. The Morgan fingerprint density at radius 2 is 2.24 bits per heavy atom. The number of aliphatic hydroxyl groups excluding tert-OH is 1. The van der Waals surface area contributed by atoms with E-state index in [1.54, 1.807) is 0 Å². The van der Waals surface area contributed by atoms with E-state index in [0.29, 0.717) is 12.5 Å². The highest BCUT2D eigenvalue weighted by atomic mass is 16.5. The highest BCUT2D eigenvalue weighted by molar-refractivity contribution is 5.58. The third-order valence-electron chi connectivity index (χ3n) is 3.28. The van der Waals surface area contributed by atoms with Crippen LogP contribution in [-0.2, 0) is 0 Å². The molecule has 1 saturated heterocycles. The number of anilines is 1. The zero-order chi connectivity index (χ0) is 12.1. The molecule has 1 aromatic rings. The first kappa shape index (κ1) is 12.2. The third-order valence-corrected chi connectivity index (χ3v) is 3.28. The van der Waals surface area contributed by atoms with Crippen LogP contribution in [0.2, 0.25) is 0 Å². The monoisotopic (exact) mass is 235 g/mol. The molecule has 1 N–H and O–H groups in total. The highest BCUT2D eigenvalue weighted by Crippen LogP contribution is 2.31. The van der Waals surface area contributed by atoms with Crippen molar-refractivity contribution in [3.63, 3.8) is 0 Å². The maximum atomic E-state index is 9.27. The Kier molecular flexibility index (Phi) is 4.26. The molecule has 0 spiro atoms. The van der Waals surface area contributed by atoms with Crippen LogP contribution < -0.4 is 9.64 Å². The van der Waals surface area contributed by atoms with Gasteiger partial charge < -0.3 is 14.7 Å². The molecule has 0 radical (unpaired) electrons. The number of aliphatic hydroxyl groups is 1. The lowest BCUT2D eigenvalue weighted by Crippen LogP contribution is -2.37. The van der Waals surface area contributed by atoms with Crippen LogP contribution in [-0.4, -0.2) is 31.4 Å². The number of hydrogen-bond acceptors (Lipinski definition) is 3. The van der Waals surface area contributed by atoms with Crippen molar-refractivity contribution in [2.45, 2.75) is 19.8 Å². The summed E-state index contributed by atoms with van der Waals surface area (Å²) in [5.74, 6) is 1.35. The van der Waals surface area contributed by atoms with Crippen LogP contribution in [0.4, 0.5) is 5.69 Å². The maximum Gasteiger partial charge on any atom is 0.142 e. The standard InChI is InChI=1S/C14H21NO2/c1-2-17-14-8-4-3-7-13(14)15-9-5-6-12(10-15)11-16/h3-4,7-8,12,16H,2,5-6,9-11H2,1H3. The van der Waals surface area contributed by atoms with Crippen molar-refractivity contribution in [3.8, 4) is 5.75 Å². The molecule has 1 aromatic carbocycles. The van der Waals surface area contributed by atoms with Crippen LogP contribution in [0, 0.1) is 5.92 Å². The van der Waals surface area contributed by atoms with E-state index in [0.717, 1.165) is 37.4 Å². The average molecular weight is 235 g/mol. The van der Waals surface area contributed by atoms with E-state index < -0.39 is 0 Å². The fourth-order valence-electron chi connectivity index (χ4n) is 2.43. The van der Waals surface area contributed by atoms with Crippen molar-refractivity contribution in [1.82, 2.24) is 0 Å². The van der Waals surface area contributed by atoms with E-state index in [1.807, 2.05) is 25.1 Å². The first-order chi connectivity index (χ1) is 8.35. The molecule has 0 aromatic heterocycles. The molecule has 3 heteroatoms. The normalized spacial score (nSPS) is 20.4. The van der Waals surface area contributed by atoms with Crippen LogP contribution in [0.1, 0.15) is 19.8 Å². The molecule has 0 bridgehead atoms. The van der Waals surface area contributed by atoms with E-state index >= 15 is 0 Å². The average Bonchev–Trinajstić information content (AvgIpc) is 2.40. The Morgan fingerprint density at radius 1 is 1.41 bits per heavy atom. The Bertz CT molecular complexity index is 354. The van der Waals surface area contributed by atoms with Gasteiger partial charge in [-0.1, -0.05) is 12.1 Å². The van der Waals surface area contributed by atoms with Gasteiger partial charge in [0.2, 0.25) is 0 Å². The third kappa shape index (κ3) is 2.91. The Hall–Kier alpha value is -1.22. The van der Waals surface area contributed by atoms with Gasteiger partial charge in [-0.2, -0.15) is 0 Å². The molecule has 0 amide bonds. The van der Waals surface area contributed by atoms with Crippen LogP contribution >= 0.6 is 0 Å². The molecule has 3 nitrogen and oxygen atoms in total. The van der Waals surface area contributed by atoms with Crippen LogP contribution in [0.25, 0.3) is 0 Å². The van der Waals surface area contributed by atoms with E-state index in [9.17, 15) is 5.11 Å². The van der Waals surface area contributed by atoms with Gasteiger partial charge in [-0.3, -0.25) is 0 Å². The number of nitrogens with zero attached hydrogens (tertiary/aromatic N) is 1. The van der Waals surface area contributed by atoms with E-state index in [-0.39, 0.29) is 6.61 Å². The first-order valence-corrected chi connectivity index (χ1v) is 6.42. The van der Waals surface area contributed by atoms with Crippen molar-refractivity contribution in [1.29, 1.82) is 0 Å². The van der Waals surface area contributed by atoms with Gasteiger partial charge in [0, 0.05) is 19.7 Å². The lowest BCUT2D eigenvalue weighted by molar-refractivity contribution is 0.208. The number of piperidine rings is 1. The molecule has 1 fully saturated rings. The Morgan fingerprint density at radius 3 is 3.00 bits per heavy atom. The first-order valence-electron chi connectivity index (χ1n) is 6.42. The molecule has 1 aliphatic heterocycles. The number of rotatable bonds is 4. The Balaban J connectivity index is 2.15. The van der Waals surface area contributed by atoms with E-state index in [1.165, 1.54) is 0 Å². The van der Waals surface area contributed by atoms with Crippen LogP contribution in [0.5, 0.6) is 5.75 Å². The summed E-state index contributed by atoms with van der Waals surface area (Å²) in [5.41, 5.74) is 1.16. The van der Waals surface area contributed by atoms with Crippen molar-refractivity contribution in [2.75, 3.05) is 31.2 Å². The summed E-state index contributed by atoms with van der Waals surface area (Å²) in [6.45, 7) is 4.96. The van der Waals surface area contributed by atoms with Gasteiger partial charge in [-0.25, -0.2) is 0 Å². The second-order valence-corrected chi connectivity index (χ2v) is 4.54. The SMILES string of the molecule is CCOc1ccccc1N1CCCC(CO)C1. The van der Waals surface area contributed by atoms with Crippen molar-refractivity contribution in [2.24, 2.45) is 5.92 Å². The topological polar surface area (TPSA) is 32.7 Å². The number of benzene rings is 1. The molecule has 1 heterocycles. The van der Waals surface area contributed by atoms with Gasteiger partial charge in [0.05, 0.1) is 12.3 Å². The summed E-state index contributed by atoms with van der Waals surface area (Å²) < 4.78 is 5.65. The fourth-order valence-corrected chi connectivity index (χ4v) is 2.43. The molecular formula is C14H21NO2. The highest BCUT2D eigenvalue weighted by Gasteiger charge is 2.21. The van der Waals surface area contributed by atoms with Gasteiger partial charge in [0.1, 0.15) is 5.75 Å². The van der Waals surface area contributed by atoms with Crippen molar-refractivity contribution >= 4 is 5.69 Å². The molecule has 17 heavy (non-hydrogen) atoms. The van der Waals surface area contributed by atoms with Crippen LogP contribution in [0.15, 0.2) is 24.3 Å². The zero-order valence-electron chi connectivity index (χ0n) is 10.4. The van der Waals surface area contributed by atoms with Crippen LogP contribution in [0.3, 0.4) is 0 Å². The molecule has 0 aliphatic carbocycles.